The Morgan fingerprint density at radius 3 is 2.49 bits per heavy atom. The fraction of sp³-hybridized carbons (Fsp3) is 0.348. The second-order valence-electron chi connectivity index (χ2n) is 8.73. The number of carbonyl (C=O) groups is 3. The van der Waals surface area contributed by atoms with Gasteiger partial charge < -0.3 is 25.2 Å². The molecular formula is C23H23F3N4O6S. The van der Waals surface area contributed by atoms with Crippen LogP contribution in [-0.4, -0.2) is 52.7 Å². The zero-order valence-corrected chi connectivity index (χ0v) is 20.9. The van der Waals surface area contributed by atoms with Crippen molar-refractivity contribution in [3.05, 3.63) is 63.0 Å². The first kappa shape index (κ1) is 27.6. The molecule has 0 saturated carbocycles. The van der Waals surface area contributed by atoms with Crippen molar-refractivity contribution in [1.82, 2.24) is 15.6 Å². The predicted octanol–water partition coefficient (Wildman–Crippen LogP) is 3.45. The highest BCUT2D eigenvalue weighted by atomic mass is 32.1. The summed E-state index contributed by atoms with van der Waals surface area (Å²) in [6.45, 7) is 4.75. The number of rotatable bonds is 7. The summed E-state index contributed by atoms with van der Waals surface area (Å²) in [6, 6.07) is -1.59. The molecule has 1 aromatic heterocycles. The fourth-order valence-electron chi connectivity index (χ4n) is 3.39. The van der Waals surface area contributed by atoms with E-state index in [2.05, 4.69) is 20.6 Å². The lowest BCUT2D eigenvalue weighted by Crippen LogP contribution is -2.45. The Morgan fingerprint density at radius 1 is 1.22 bits per heavy atom. The van der Waals surface area contributed by atoms with E-state index in [1.165, 1.54) is 6.20 Å². The third kappa shape index (κ3) is 6.44. The smallest absolute Gasteiger partial charge is 0.408 e. The van der Waals surface area contributed by atoms with Gasteiger partial charge in [0.1, 0.15) is 17.7 Å². The molecule has 1 aliphatic rings. The molecule has 2 aromatic rings. The Labute approximate surface area is 213 Å². The first-order valence-electron chi connectivity index (χ1n) is 10.7. The van der Waals surface area contributed by atoms with E-state index in [-0.39, 0.29) is 22.1 Å². The van der Waals surface area contributed by atoms with E-state index in [4.69, 9.17) is 9.47 Å². The largest absolute Gasteiger partial charge is 0.480 e. The molecule has 0 fully saturated rings. The number of carboxylic acid groups (broad SMARTS) is 1. The molecule has 1 amide bonds. The van der Waals surface area contributed by atoms with Gasteiger partial charge in [-0.1, -0.05) is 6.07 Å². The number of aromatic nitrogens is 1. The SMILES string of the molecule is COC(=O)C1=C(C[C@H](NC(=O)OC(C)(C)C)C(=O)O)NC(c2nccs2)=NC1c1ccc(F)c(F)c1F. The van der Waals surface area contributed by atoms with Crippen molar-refractivity contribution in [3.8, 4) is 0 Å². The summed E-state index contributed by atoms with van der Waals surface area (Å²) >= 11 is 1.12. The number of alkyl carbamates (subject to hydrolysis) is 1. The Hall–Kier alpha value is -3.94. The lowest BCUT2D eigenvalue weighted by Gasteiger charge is -2.29. The molecule has 0 saturated heterocycles. The number of hydrogen-bond acceptors (Lipinski definition) is 9. The first-order valence-corrected chi connectivity index (χ1v) is 11.6. The van der Waals surface area contributed by atoms with Gasteiger partial charge in [0.25, 0.3) is 0 Å². The van der Waals surface area contributed by atoms with Gasteiger partial charge in [0.05, 0.1) is 12.7 Å². The second-order valence-corrected chi connectivity index (χ2v) is 9.63. The van der Waals surface area contributed by atoms with Crippen molar-refractivity contribution in [1.29, 1.82) is 0 Å². The van der Waals surface area contributed by atoms with Gasteiger partial charge >= 0.3 is 18.0 Å². The third-order valence-electron chi connectivity index (χ3n) is 4.92. The van der Waals surface area contributed by atoms with Gasteiger partial charge in [-0.05, 0) is 26.8 Å². The molecule has 14 heteroatoms. The van der Waals surface area contributed by atoms with Crippen LogP contribution < -0.4 is 10.6 Å². The molecule has 0 aliphatic carbocycles. The van der Waals surface area contributed by atoms with Gasteiger partial charge in [-0.25, -0.2) is 32.5 Å². The molecule has 3 rings (SSSR count). The van der Waals surface area contributed by atoms with Crippen molar-refractivity contribution in [3.63, 3.8) is 0 Å². The summed E-state index contributed by atoms with van der Waals surface area (Å²) in [7, 11) is 1.03. The number of amidine groups is 1. The Bertz CT molecular complexity index is 1270. The Morgan fingerprint density at radius 2 is 1.92 bits per heavy atom. The highest BCUT2D eigenvalue weighted by Gasteiger charge is 2.37. The van der Waals surface area contributed by atoms with Crippen molar-refractivity contribution in [2.45, 2.75) is 44.9 Å². The number of carbonyl (C=O) groups excluding carboxylic acids is 2. The van der Waals surface area contributed by atoms with Crippen molar-refractivity contribution >= 4 is 35.2 Å². The number of thiazole rings is 1. The Kier molecular flexibility index (Phi) is 8.21. The predicted molar refractivity (Wildman–Crippen MR) is 125 cm³/mol. The summed E-state index contributed by atoms with van der Waals surface area (Å²) in [6.07, 6.45) is -0.126. The molecule has 1 unspecified atom stereocenters. The van der Waals surface area contributed by atoms with Gasteiger partial charge in [-0.3, -0.25) is 4.99 Å². The number of methoxy groups -OCH3 is 1. The Balaban J connectivity index is 2.13. The van der Waals surface area contributed by atoms with Crippen LogP contribution in [0.15, 0.2) is 40.0 Å². The number of ether oxygens (including phenoxy) is 2. The molecule has 1 aliphatic heterocycles. The number of nitrogens with one attached hydrogen (secondary N) is 2. The summed E-state index contributed by atoms with van der Waals surface area (Å²) in [5, 5.41) is 16.6. The maximum Gasteiger partial charge on any atom is 0.408 e. The minimum atomic E-state index is -1.78. The van der Waals surface area contributed by atoms with Crippen LogP contribution in [0.1, 0.15) is 43.8 Å². The van der Waals surface area contributed by atoms with E-state index in [0.717, 1.165) is 24.5 Å². The van der Waals surface area contributed by atoms with Crippen molar-refractivity contribution in [2.75, 3.05) is 7.11 Å². The molecule has 2 heterocycles. The molecule has 2 atom stereocenters. The summed E-state index contributed by atoms with van der Waals surface area (Å²) in [5.74, 6) is -7.32. The number of hydrogen-bond donors (Lipinski definition) is 3. The van der Waals surface area contributed by atoms with Crippen LogP contribution in [-0.2, 0) is 19.1 Å². The van der Waals surface area contributed by atoms with Crippen LogP contribution in [0.25, 0.3) is 0 Å². The molecule has 0 radical (unpaired) electrons. The van der Waals surface area contributed by atoms with E-state index >= 15 is 0 Å². The first-order chi connectivity index (χ1) is 17.3. The van der Waals surface area contributed by atoms with Crippen LogP contribution in [0.3, 0.4) is 0 Å². The van der Waals surface area contributed by atoms with E-state index in [1.807, 2.05) is 0 Å². The molecule has 1 aromatic carbocycles. The lowest BCUT2D eigenvalue weighted by atomic mass is 9.92. The number of nitrogens with zero attached hydrogens (tertiary/aromatic N) is 2. The maximum absolute atomic E-state index is 14.8. The van der Waals surface area contributed by atoms with E-state index in [0.29, 0.717) is 6.07 Å². The van der Waals surface area contributed by atoms with Gasteiger partial charge in [-0.2, -0.15) is 0 Å². The molecule has 3 N–H and O–H groups in total. The highest BCUT2D eigenvalue weighted by Crippen LogP contribution is 2.36. The van der Waals surface area contributed by atoms with E-state index in [9.17, 15) is 32.7 Å². The number of benzene rings is 1. The zero-order chi connectivity index (χ0) is 27.5. The number of amides is 1. The van der Waals surface area contributed by atoms with Crippen LogP contribution in [0.4, 0.5) is 18.0 Å². The van der Waals surface area contributed by atoms with Crippen molar-refractivity contribution < 1.29 is 42.1 Å². The highest BCUT2D eigenvalue weighted by molar-refractivity contribution is 7.11. The number of carboxylic acids is 1. The lowest BCUT2D eigenvalue weighted by molar-refractivity contribution is -0.140. The molecule has 198 valence electrons. The summed E-state index contributed by atoms with van der Waals surface area (Å²) < 4.78 is 52.5. The number of aliphatic imine (C=N–C) groups is 1. The fourth-order valence-corrected chi connectivity index (χ4v) is 3.97. The second kappa shape index (κ2) is 11.0. The molecule has 0 spiro atoms. The number of aliphatic carboxylic acids is 1. The average Bonchev–Trinajstić information content (AvgIpc) is 3.35. The third-order valence-corrected chi connectivity index (χ3v) is 5.70. The summed E-state index contributed by atoms with van der Waals surface area (Å²) in [4.78, 5) is 45.5. The minimum Gasteiger partial charge on any atom is -0.480 e. The minimum absolute atomic E-state index is 0.00759. The van der Waals surface area contributed by atoms with E-state index in [1.54, 1.807) is 26.2 Å². The molecular weight excluding hydrogens is 517 g/mol. The van der Waals surface area contributed by atoms with Gasteiger partial charge in [-0.15, -0.1) is 11.3 Å². The van der Waals surface area contributed by atoms with E-state index < -0.39 is 65.2 Å². The molecule has 10 nitrogen and oxygen atoms in total. The van der Waals surface area contributed by atoms with Crippen LogP contribution >= 0.6 is 11.3 Å². The zero-order valence-electron chi connectivity index (χ0n) is 20.1. The van der Waals surface area contributed by atoms with Crippen LogP contribution in [0.2, 0.25) is 0 Å². The van der Waals surface area contributed by atoms with Gasteiger partial charge in [0.15, 0.2) is 28.3 Å². The van der Waals surface area contributed by atoms with Gasteiger partial charge in [0.2, 0.25) is 0 Å². The topological polar surface area (TPSA) is 139 Å². The molecule has 37 heavy (non-hydrogen) atoms. The van der Waals surface area contributed by atoms with Crippen LogP contribution in [0, 0.1) is 17.5 Å². The quantitative estimate of drug-likeness (QED) is 0.359. The van der Waals surface area contributed by atoms with Gasteiger partial charge in [0, 0.05) is 29.3 Å². The number of esters is 1. The standard InChI is InChI=1S/C23H23F3N4O6S/c1-23(2,3)36-22(34)29-13(20(31)32)9-12-14(21(33)35-4)17(10-5-6-11(24)16(26)15(10)25)30-18(28-12)19-27-7-8-37-19/h5-8,13,17H,9H2,1-4H3,(H,28,30)(H,29,34)(H,31,32)/t13-,17?/m0/s1. The average molecular weight is 541 g/mol. The molecule has 0 bridgehead atoms. The number of halogens is 3. The summed E-state index contributed by atoms with van der Waals surface area (Å²) in [5.41, 5.74) is -1.92. The van der Waals surface area contributed by atoms with Crippen molar-refractivity contribution in [2.24, 2.45) is 4.99 Å². The monoisotopic (exact) mass is 540 g/mol. The normalized spacial score (nSPS) is 16.4. The maximum atomic E-state index is 14.8. The van der Waals surface area contributed by atoms with Crippen LogP contribution in [0.5, 0.6) is 0 Å².